The van der Waals surface area contributed by atoms with Crippen molar-refractivity contribution >= 4 is 5.91 Å². The van der Waals surface area contributed by atoms with Crippen LogP contribution in [0.3, 0.4) is 0 Å². The van der Waals surface area contributed by atoms with E-state index in [1.165, 1.54) is 5.56 Å². The molecule has 1 saturated heterocycles. The zero-order valence-electron chi connectivity index (χ0n) is 14.3. The number of benzene rings is 1. The molecule has 0 aliphatic carbocycles. The highest BCUT2D eigenvalue weighted by atomic mass is 16.5. The summed E-state index contributed by atoms with van der Waals surface area (Å²) in [6.07, 6.45) is 2.07. The average Bonchev–Trinajstić information content (AvgIpc) is 3.01. The molecule has 1 atom stereocenters. The van der Waals surface area contributed by atoms with Crippen molar-refractivity contribution in [2.45, 2.75) is 39.2 Å². The lowest BCUT2D eigenvalue weighted by molar-refractivity contribution is -0.122. The predicted octanol–water partition coefficient (Wildman–Crippen LogP) is 2.18. The molecule has 0 saturated carbocycles. The first-order valence-electron chi connectivity index (χ1n) is 8.45. The van der Waals surface area contributed by atoms with Crippen molar-refractivity contribution in [3.05, 3.63) is 47.1 Å². The lowest BCUT2D eigenvalue weighted by atomic mass is 9.98. The van der Waals surface area contributed by atoms with Crippen LogP contribution in [-0.4, -0.2) is 40.6 Å². The molecule has 1 aromatic carbocycles. The van der Waals surface area contributed by atoms with Crippen molar-refractivity contribution in [2.75, 3.05) is 19.6 Å². The molecule has 0 bridgehead atoms. The van der Waals surface area contributed by atoms with E-state index in [0.717, 1.165) is 31.5 Å². The molecule has 1 N–H and O–H groups in total. The van der Waals surface area contributed by atoms with Crippen molar-refractivity contribution in [3.8, 4) is 0 Å². The quantitative estimate of drug-likeness (QED) is 0.911. The summed E-state index contributed by atoms with van der Waals surface area (Å²) in [6, 6.07) is 8.11. The summed E-state index contributed by atoms with van der Waals surface area (Å²) < 4.78 is 5.29. The van der Waals surface area contributed by atoms with Gasteiger partial charge in [-0.05, 0) is 44.4 Å². The van der Waals surface area contributed by atoms with Crippen molar-refractivity contribution in [2.24, 2.45) is 0 Å². The number of piperidine rings is 1. The van der Waals surface area contributed by atoms with Crippen LogP contribution in [0.2, 0.25) is 0 Å². The highest BCUT2D eigenvalue weighted by molar-refractivity contribution is 5.78. The molecule has 1 aromatic heterocycles. The van der Waals surface area contributed by atoms with E-state index in [0.29, 0.717) is 24.8 Å². The number of hydrogen-bond acceptors (Lipinski definition) is 5. The van der Waals surface area contributed by atoms with E-state index in [9.17, 15) is 4.79 Å². The summed E-state index contributed by atoms with van der Waals surface area (Å²) in [5.41, 5.74) is 2.35. The maximum absolute atomic E-state index is 12.2. The Bertz CT molecular complexity index is 698. The summed E-state index contributed by atoms with van der Waals surface area (Å²) >= 11 is 0. The topological polar surface area (TPSA) is 71.3 Å². The molecule has 2 aromatic rings. The zero-order chi connectivity index (χ0) is 16.9. The van der Waals surface area contributed by atoms with E-state index >= 15 is 0 Å². The average molecular weight is 328 g/mol. The lowest BCUT2D eigenvalue weighted by Crippen LogP contribution is -2.41. The van der Waals surface area contributed by atoms with Crippen LogP contribution < -0.4 is 5.32 Å². The first-order valence-corrected chi connectivity index (χ1v) is 8.45. The van der Waals surface area contributed by atoms with Crippen molar-refractivity contribution in [1.29, 1.82) is 0 Å². The fourth-order valence-electron chi connectivity index (χ4n) is 3.14. The largest absolute Gasteiger partial charge is 0.351 e. The molecular weight excluding hydrogens is 304 g/mol. The third kappa shape index (κ3) is 4.20. The number of aryl methyl sites for hydroxylation is 2. The molecule has 128 valence electrons. The van der Waals surface area contributed by atoms with E-state index in [4.69, 9.17) is 4.52 Å². The molecule has 1 aliphatic heterocycles. The molecule has 6 heteroatoms. The minimum atomic E-state index is 0.0561. The summed E-state index contributed by atoms with van der Waals surface area (Å²) in [5.74, 6) is 1.64. The zero-order valence-corrected chi connectivity index (χ0v) is 14.3. The monoisotopic (exact) mass is 328 g/mol. The first kappa shape index (κ1) is 16.6. The minimum Gasteiger partial charge on any atom is -0.351 e. The number of rotatable bonds is 5. The fraction of sp³-hybridized carbons (Fsp3) is 0.500. The highest BCUT2D eigenvalue weighted by Gasteiger charge is 2.26. The van der Waals surface area contributed by atoms with Crippen LogP contribution in [0.5, 0.6) is 0 Å². The molecule has 1 amide bonds. The molecule has 0 radical (unpaired) electrons. The maximum atomic E-state index is 12.2. The Labute approximate surface area is 142 Å². The van der Waals surface area contributed by atoms with Crippen LogP contribution in [-0.2, 0) is 11.3 Å². The molecule has 1 unspecified atom stereocenters. The first-order chi connectivity index (χ1) is 11.6. The number of nitrogens with one attached hydrogen (secondary N) is 1. The minimum absolute atomic E-state index is 0.0561. The second kappa shape index (κ2) is 7.57. The van der Waals surface area contributed by atoms with Crippen LogP contribution in [0.4, 0.5) is 0 Å². The van der Waals surface area contributed by atoms with Crippen LogP contribution in [0.25, 0.3) is 0 Å². The van der Waals surface area contributed by atoms with Crippen molar-refractivity contribution in [1.82, 2.24) is 20.4 Å². The fourth-order valence-corrected chi connectivity index (χ4v) is 3.14. The summed E-state index contributed by atoms with van der Waals surface area (Å²) in [5, 5.41) is 6.88. The Balaban J connectivity index is 1.50. The van der Waals surface area contributed by atoms with Gasteiger partial charge in [-0.2, -0.15) is 4.98 Å². The van der Waals surface area contributed by atoms with Crippen molar-refractivity contribution in [3.63, 3.8) is 0 Å². The highest BCUT2D eigenvalue weighted by Crippen LogP contribution is 2.25. The van der Waals surface area contributed by atoms with Gasteiger partial charge >= 0.3 is 0 Å². The lowest BCUT2D eigenvalue weighted by Gasteiger charge is -2.30. The predicted molar refractivity (Wildman–Crippen MR) is 90.5 cm³/mol. The SMILES string of the molecule is Cc1noc(C2CCCN(CC(=O)NCc3ccccc3C)C2)n1. The Morgan fingerprint density at radius 2 is 2.21 bits per heavy atom. The smallest absolute Gasteiger partial charge is 0.234 e. The van der Waals surface area contributed by atoms with Gasteiger partial charge in [0.05, 0.1) is 12.5 Å². The van der Waals surface area contributed by atoms with Gasteiger partial charge in [0.1, 0.15) is 0 Å². The van der Waals surface area contributed by atoms with Gasteiger partial charge in [-0.3, -0.25) is 9.69 Å². The third-order valence-electron chi connectivity index (χ3n) is 4.50. The van der Waals surface area contributed by atoms with Crippen LogP contribution in [0.1, 0.15) is 41.6 Å². The summed E-state index contributed by atoms with van der Waals surface area (Å²) in [6.45, 7) is 6.59. The maximum Gasteiger partial charge on any atom is 0.234 e. The van der Waals surface area contributed by atoms with Crippen molar-refractivity contribution < 1.29 is 9.32 Å². The van der Waals surface area contributed by atoms with Gasteiger partial charge < -0.3 is 9.84 Å². The summed E-state index contributed by atoms with van der Waals surface area (Å²) in [7, 11) is 0. The molecule has 6 nitrogen and oxygen atoms in total. The van der Waals surface area contributed by atoms with Gasteiger partial charge in [0, 0.05) is 13.1 Å². The molecule has 1 fully saturated rings. The van der Waals surface area contributed by atoms with E-state index < -0.39 is 0 Å². The molecule has 2 heterocycles. The van der Waals surface area contributed by atoms with Gasteiger partial charge in [0.2, 0.25) is 11.8 Å². The molecule has 3 rings (SSSR count). The number of nitrogens with zero attached hydrogens (tertiary/aromatic N) is 3. The Morgan fingerprint density at radius 1 is 1.38 bits per heavy atom. The Kier molecular flexibility index (Phi) is 5.25. The second-order valence-corrected chi connectivity index (χ2v) is 6.46. The van der Waals surface area contributed by atoms with E-state index in [1.54, 1.807) is 0 Å². The van der Waals surface area contributed by atoms with E-state index in [1.807, 2.05) is 25.1 Å². The molecule has 0 spiro atoms. The standard InChI is InChI=1S/C18H24N4O2/c1-13-6-3-4-7-15(13)10-19-17(23)12-22-9-5-8-16(11-22)18-20-14(2)21-24-18/h3-4,6-7,16H,5,8-12H2,1-2H3,(H,19,23). The van der Waals surface area contributed by atoms with Crippen LogP contribution in [0, 0.1) is 13.8 Å². The molecule has 1 aliphatic rings. The molecular formula is C18H24N4O2. The van der Waals surface area contributed by atoms with Gasteiger partial charge in [-0.1, -0.05) is 29.4 Å². The Morgan fingerprint density at radius 3 is 2.96 bits per heavy atom. The number of carbonyl (C=O) groups excluding carboxylic acids is 1. The summed E-state index contributed by atoms with van der Waals surface area (Å²) in [4.78, 5) is 18.7. The van der Waals surface area contributed by atoms with Crippen LogP contribution in [0.15, 0.2) is 28.8 Å². The number of aromatic nitrogens is 2. The third-order valence-corrected chi connectivity index (χ3v) is 4.50. The normalized spacial score (nSPS) is 18.5. The number of hydrogen-bond donors (Lipinski definition) is 1. The number of carbonyl (C=O) groups is 1. The number of amides is 1. The Hall–Kier alpha value is -2.21. The van der Waals surface area contributed by atoms with Gasteiger partial charge in [-0.25, -0.2) is 0 Å². The van der Waals surface area contributed by atoms with Gasteiger partial charge in [0.15, 0.2) is 5.82 Å². The van der Waals surface area contributed by atoms with E-state index in [2.05, 4.69) is 33.3 Å². The van der Waals surface area contributed by atoms with Crippen LogP contribution >= 0.6 is 0 Å². The van der Waals surface area contributed by atoms with E-state index in [-0.39, 0.29) is 11.8 Å². The van der Waals surface area contributed by atoms with Gasteiger partial charge in [0.25, 0.3) is 0 Å². The second-order valence-electron chi connectivity index (χ2n) is 6.46. The number of likely N-dealkylation sites (tertiary alicyclic amines) is 1. The molecule has 24 heavy (non-hydrogen) atoms. The van der Waals surface area contributed by atoms with Gasteiger partial charge in [-0.15, -0.1) is 0 Å².